The molecule has 0 spiro atoms. The second-order valence-electron chi connectivity index (χ2n) is 3.40. The van der Waals surface area contributed by atoms with Gasteiger partial charge in [0.2, 0.25) is 0 Å². The van der Waals surface area contributed by atoms with Crippen molar-refractivity contribution in [3.8, 4) is 0 Å². The number of nitrogens with zero attached hydrogens (tertiary/aromatic N) is 1. The van der Waals surface area contributed by atoms with Gasteiger partial charge in [0.05, 0.1) is 4.92 Å². The minimum Gasteiger partial charge on any atom is -0.352 e. The Labute approximate surface area is 97.8 Å². The predicted octanol–water partition coefficient (Wildman–Crippen LogP) is 1.55. The van der Waals surface area contributed by atoms with E-state index in [-0.39, 0.29) is 22.6 Å². The molecule has 17 heavy (non-hydrogen) atoms. The third-order valence-electron chi connectivity index (χ3n) is 2.18. The molecule has 1 aromatic carbocycles. The average molecular weight is 236 g/mol. The van der Waals surface area contributed by atoms with Gasteiger partial charge in [0.15, 0.2) is 5.78 Å². The third-order valence-corrected chi connectivity index (χ3v) is 2.18. The number of ketones is 1. The molecule has 0 aliphatic rings. The molecule has 0 heterocycles. The van der Waals surface area contributed by atoms with Gasteiger partial charge in [-0.1, -0.05) is 6.07 Å². The fourth-order valence-electron chi connectivity index (χ4n) is 1.35. The van der Waals surface area contributed by atoms with E-state index in [1.807, 2.05) is 0 Å². The Hall–Kier alpha value is -2.24. The summed E-state index contributed by atoms with van der Waals surface area (Å²) in [4.78, 5) is 32.8. The minimum atomic E-state index is -0.670. The summed E-state index contributed by atoms with van der Waals surface area (Å²) in [7, 11) is 0. The Bertz CT molecular complexity index is 482. The molecule has 0 aromatic heterocycles. The van der Waals surface area contributed by atoms with Gasteiger partial charge in [-0.3, -0.25) is 19.7 Å². The molecule has 0 bridgehead atoms. The summed E-state index contributed by atoms with van der Waals surface area (Å²) in [5, 5.41) is 13.3. The topological polar surface area (TPSA) is 89.3 Å². The number of Topliss-reactive ketones (excluding diaryl/α,β-unsaturated/α-hetero) is 1. The van der Waals surface area contributed by atoms with Crippen LogP contribution in [0.4, 0.5) is 5.69 Å². The van der Waals surface area contributed by atoms with Gasteiger partial charge < -0.3 is 5.32 Å². The van der Waals surface area contributed by atoms with Crippen LogP contribution in [-0.4, -0.2) is 23.2 Å². The Balaban J connectivity index is 3.27. The molecule has 0 saturated carbocycles. The number of carbonyl (C=O) groups is 2. The number of nitrogens with one attached hydrogen (secondary N) is 1. The molecule has 1 aromatic rings. The number of carbonyl (C=O) groups excluding carboxylic acids is 2. The van der Waals surface area contributed by atoms with Crippen molar-refractivity contribution in [3.05, 3.63) is 39.4 Å². The van der Waals surface area contributed by atoms with Crippen molar-refractivity contribution < 1.29 is 14.5 Å². The lowest BCUT2D eigenvalue weighted by Gasteiger charge is -2.04. The molecule has 0 aliphatic heterocycles. The van der Waals surface area contributed by atoms with E-state index >= 15 is 0 Å². The van der Waals surface area contributed by atoms with E-state index in [1.54, 1.807) is 6.92 Å². The fourth-order valence-corrected chi connectivity index (χ4v) is 1.35. The minimum absolute atomic E-state index is 0.0400. The van der Waals surface area contributed by atoms with Crippen molar-refractivity contribution >= 4 is 17.4 Å². The predicted molar refractivity (Wildman–Crippen MR) is 61.1 cm³/mol. The SMILES string of the molecule is CCNC(=O)c1ccc(C(C)=O)cc1[N+](=O)[O-]. The van der Waals surface area contributed by atoms with Crippen LogP contribution in [0.5, 0.6) is 0 Å². The Morgan fingerprint density at radius 2 is 2.06 bits per heavy atom. The summed E-state index contributed by atoms with van der Waals surface area (Å²) in [6.45, 7) is 3.41. The van der Waals surface area contributed by atoms with Crippen molar-refractivity contribution in [3.63, 3.8) is 0 Å². The molecule has 0 saturated heterocycles. The van der Waals surface area contributed by atoms with Crippen LogP contribution in [0.1, 0.15) is 34.6 Å². The van der Waals surface area contributed by atoms with Gasteiger partial charge in [-0.05, 0) is 19.9 Å². The van der Waals surface area contributed by atoms with Gasteiger partial charge in [0.25, 0.3) is 11.6 Å². The molecular weight excluding hydrogens is 224 g/mol. The summed E-state index contributed by atoms with van der Waals surface area (Å²) in [5.41, 5.74) is -0.185. The van der Waals surface area contributed by atoms with E-state index in [9.17, 15) is 19.7 Å². The van der Waals surface area contributed by atoms with Gasteiger partial charge in [-0.15, -0.1) is 0 Å². The first kappa shape index (κ1) is 12.8. The van der Waals surface area contributed by atoms with E-state index in [2.05, 4.69) is 5.32 Å². The first-order chi connectivity index (χ1) is 7.97. The van der Waals surface area contributed by atoms with Crippen molar-refractivity contribution in [1.29, 1.82) is 0 Å². The second kappa shape index (κ2) is 5.20. The summed E-state index contributed by atoms with van der Waals surface area (Å²) in [5.74, 6) is -0.801. The van der Waals surface area contributed by atoms with Crippen molar-refractivity contribution in [2.75, 3.05) is 6.54 Å². The van der Waals surface area contributed by atoms with Gasteiger partial charge in [0.1, 0.15) is 5.56 Å². The van der Waals surface area contributed by atoms with Gasteiger partial charge in [0, 0.05) is 18.2 Å². The first-order valence-electron chi connectivity index (χ1n) is 5.05. The zero-order valence-corrected chi connectivity index (χ0v) is 9.52. The van der Waals surface area contributed by atoms with Crippen LogP contribution >= 0.6 is 0 Å². The molecule has 0 unspecified atom stereocenters. The van der Waals surface area contributed by atoms with E-state index in [4.69, 9.17) is 0 Å². The van der Waals surface area contributed by atoms with Crippen LogP contribution in [0.15, 0.2) is 18.2 Å². The molecule has 1 amide bonds. The largest absolute Gasteiger partial charge is 0.352 e. The zero-order valence-electron chi connectivity index (χ0n) is 9.52. The van der Waals surface area contributed by atoms with Crippen LogP contribution < -0.4 is 5.32 Å². The standard InChI is InChI=1S/C11H12N2O4/c1-3-12-11(15)9-5-4-8(7(2)14)6-10(9)13(16)17/h4-6H,3H2,1-2H3,(H,12,15). The highest BCUT2D eigenvalue weighted by atomic mass is 16.6. The molecule has 0 atom stereocenters. The van der Waals surface area contributed by atoms with Gasteiger partial charge >= 0.3 is 0 Å². The van der Waals surface area contributed by atoms with E-state index in [0.29, 0.717) is 6.54 Å². The maximum atomic E-state index is 11.6. The molecule has 0 fully saturated rings. The van der Waals surface area contributed by atoms with Gasteiger partial charge in [-0.25, -0.2) is 0 Å². The number of benzene rings is 1. The second-order valence-corrected chi connectivity index (χ2v) is 3.40. The maximum Gasteiger partial charge on any atom is 0.282 e. The molecule has 0 radical (unpaired) electrons. The summed E-state index contributed by atoms with van der Waals surface area (Å²) in [6, 6.07) is 3.81. The molecule has 1 N–H and O–H groups in total. The molecule has 6 heteroatoms. The van der Waals surface area contributed by atoms with Crippen LogP contribution in [0.3, 0.4) is 0 Å². The monoisotopic (exact) mass is 236 g/mol. The highest BCUT2D eigenvalue weighted by Gasteiger charge is 2.20. The lowest BCUT2D eigenvalue weighted by Crippen LogP contribution is -2.23. The summed E-state index contributed by atoms with van der Waals surface area (Å²) < 4.78 is 0. The molecular formula is C11H12N2O4. The number of amides is 1. The first-order valence-corrected chi connectivity index (χ1v) is 5.05. The Kier molecular flexibility index (Phi) is 3.92. The average Bonchev–Trinajstić information content (AvgIpc) is 2.28. The van der Waals surface area contributed by atoms with Crippen LogP contribution in [-0.2, 0) is 0 Å². The van der Waals surface area contributed by atoms with Crippen LogP contribution in [0.2, 0.25) is 0 Å². The van der Waals surface area contributed by atoms with Crippen molar-refractivity contribution in [1.82, 2.24) is 5.32 Å². The highest BCUT2D eigenvalue weighted by molar-refractivity contribution is 6.01. The van der Waals surface area contributed by atoms with E-state index < -0.39 is 10.8 Å². The number of rotatable bonds is 4. The normalized spacial score (nSPS) is 9.76. The van der Waals surface area contributed by atoms with Crippen molar-refractivity contribution in [2.45, 2.75) is 13.8 Å². The van der Waals surface area contributed by atoms with Gasteiger partial charge in [-0.2, -0.15) is 0 Å². The summed E-state index contributed by atoms with van der Waals surface area (Å²) in [6.07, 6.45) is 0. The molecule has 1 rings (SSSR count). The third kappa shape index (κ3) is 2.87. The molecule has 90 valence electrons. The van der Waals surface area contributed by atoms with Crippen molar-refractivity contribution in [2.24, 2.45) is 0 Å². The van der Waals surface area contributed by atoms with E-state index in [1.165, 1.54) is 19.1 Å². The molecule has 0 aliphatic carbocycles. The number of nitro groups is 1. The summed E-state index contributed by atoms with van der Waals surface area (Å²) >= 11 is 0. The van der Waals surface area contributed by atoms with Crippen LogP contribution in [0.25, 0.3) is 0 Å². The number of nitro benzene ring substituents is 1. The zero-order chi connectivity index (χ0) is 13.0. The van der Waals surface area contributed by atoms with E-state index in [0.717, 1.165) is 6.07 Å². The lowest BCUT2D eigenvalue weighted by atomic mass is 10.1. The number of hydrogen-bond acceptors (Lipinski definition) is 4. The Morgan fingerprint density at radius 1 is 1.41 bits per heavy atom. The number of hydrogen-bond donors (Lipinski definition) is 1. The van der Waals surface area contributed by atoms with Crippen LogP contribution in [0, 0.1) is 10.1 Å². The quantitative estimate of drug-likeness (QED) is 0.488. The smallest absolute Gasteiger partial charge is 0.282 e. The Morgan fingerprint density at radius 3 is 2.53 bits per heavy atom. The fraction of sp³-hybridized carbons (Fsp3) is 0.273. The highest BCUT2D eigenvalue weighted by Crippen LogP contribution is 2.20. The lowest BCUT2D eigenvalue weighted by molar-refractivity contribution is -0.385. The molecule has 6 nitrogen and oxygen atoms in total. The maximum absolute atomic E-state index is 11.6.